The van der Waals surface area contributed by atoms with E-state index in [0.717, 1.165) is 19.7 Å². The molecule has 0 bridgehead atoms. The molecule has 4 nitrogen and oxygen atoms in total. The molecule has 4 heteroatoms. The van der Waals surface area contributed by atoms with Gasteiger partial charge in [-0.3, -0.25) is 4.90 Å². The first-order chi connectivity index (χ1) is 8.10. The fraction of sp³-hybridized carbons (Fsp3) is 1.00. The zero-order valence-electron chi connectivity index (χ0n) is 11.7. The normalized spacial score (nSPS) is 25.4. The van der Waals surface area contributed by atoms with Gasteiger partial charge in [0.05, 0.1) is 18.8 Å². The average molecular weight is 244 g/mol. The van der Waals surface area contributed by atoms with Gasteiger partial charge in [0.15, 0.2) is 0 Å². The zero-order valence-corrected chi connectivity index (χ0v) is 11.7. The average Bonchev–Trinajstić information content (AvgIpc) is 2.75. The predicted octanol–water partition coefficient (Wildman–Crippen LogP) is 0.955. The molecule has 1 heterocycles. The van der Waals surface area contributed by atoms with Crippen LogP contribution in [0.2, 0.25) is 0 Å². The molecular formula is C13H28N2O2. The van der Waals surface area contributed by atoms with E-state index in [1.807, 2.05) is 0 Å². The second-order valence-electron chi connectivity index (χ2n) is 5.45. The number of nitrogens with two attached hydrogens (primary N) is 1. The lowest BCUT2D eigenvalue weighted by molar-refractivity contribution is -0.00656. The summed E-state index contributed by atoms with van der Waals surface area (Å²) in [4.78, 5) is 2.50. The molecule has 0 aliphatic carbocycles. The molecule has 1 saturated heterocycles. The molecule has 102 valence electrons. The summed E-state index contributed by atoms with van der Waals surface area (Å²) in [5.41, 5.74) is 6.02. The fourth-order valence-electron chi connectivity index (χ4n) is 2.91. The van der Waals surface area contributed by atoms with Crippen LogP contribution in [-0.2, 0) is 9.47 Å². The first-order valence-corrected chi connectivity index (χ1v) is 6.53. The Morgan fingerprint density at radius 1 is 1.35 bits per heavy atom. The molecule has 0 amide bonds. The monoisotopic (exact) mass is 244 g/mol. The molecule has 2 atom stereocenters. The third-order valence-corrected chi connectivity index (χ3v) is 4.14. The second kappa shape index (κ2) is 6.69. The van der Waals surface area contributed by atoms with E-state index in [2.05, 4.69) is 18.7 Å². The molecule has 2 unspecified atom stereocenters. The van der Waals surface area contributed by atoms with Crippen molar-refractivity contribution in [3.63, 3.8) is 0 Å². The summed E-state index contributed by atoms with van der Waals surface area (Å²) in [5.74, 6) is 1.13. The van der Waals surface area contributed by atoms with E-state index in [-0.39, 0.29) is 5.54 Å². The van der Waals surface area contributed by atoms with E-state index in [4.69, 9.17) is 15.2 Å². The predicted molar refractivity (Wildman–Crippen MR) is 70.1 cm³/mol. The van der Waals surface area contributed by atoms with Crippen LogP contribution in [0.4, 0.5) is 0 Å². The Labute approximate surface area is 105 Å². The van der Waals surface area contributed by atoms with Crippen LogP contribution >= 0.6 is 0 Å². The van der Waals surface area contributed by atoms with Crippen LogP contribution in [0.25, 0.3) is 0 Å². The fourth-order valence-corrected chi connectivity index (χ4v) is 2.91. The summed E-state index contributed by atoms with van der Waals surface area (Å²) in [5, 5.41) is 0. The topological polar surface area (TPSA) is 47.7 Å². The van der Waals surface area contributed by atoms with Gasteiger partial charge in [-0.1, -0.05) is 13.8 Å². The number of rotatable bonds is 7. The number of likely N-dealkylation sites (tertiary alicyclic amines) is 1. The molecule has 1 aliphatic rings. The molecule has 1 aliphatic heterocycles. The molecular weight excluding hydrogens is 216 g/mol. The van der Waals surface area contributed by atoms with Crippen molar-refractivity contribution in [1.29, 1.82) is 0 Å². The van der Waals surface area contributed by atoms with Crippen LogP contribution in [0.15, 0.2) is 0 Å². The molecule has 0 aromatic heterocycles. The molecule has 2 N–H and O–H groups in total. The van der Waals surface area contributed by atoms with Crippen LogP contribution in [0.5, 0.6) is 0 Å². The quantitative estimate of drug-likeness (QED) is 0.724. The van der Waals surface area contributed by atoms with Gasteiger partial charge >= 0.3 is 0 Å². The summed E-state index contributed by atoms with van der Waals surface area (Å²) in [6.07, 6.45) is 1.20. The standard InChI is InChI=1S/C13H28N2O2/c1-11(2)13(9-14,10-17-4)15-6-5-12(7-15)8-16-3/h11-12H,5-10,14H2,1-4H3. The molecule has 17 heavy (non-hydrogen) atoms. The Kier molecular flexibility index (Phi) is 5.86. The minimum absolute atomic E-state index is 0.0166. The van der Waals surface area contributed by atoms with Gasteiger partial charge in [-0.25, -0.2) is 0 Å². The first kappa shape index (κ1) is 14.9. The molecule has 1 fully saturated rings. The summed E-state index contributed by atoms with van der Waals surface area (Å²) in [6.45, 7) is 8.85. The van der Waals surface area contributed by atoms with Gasteiger partial charge in [0.25, 0.3) is 0 Å². The maximum atomic E-state index is 6.04. The molecule has 0 aromatic carbocycles. The molecule has 0 saturated carbocycles. The van der Waals surface area contributed by atoms with Gasteiger partial charge in [-0.2, -0.15) is 0 Å². The van der Waals surface area contributed by atoms with Crippen LogP contribution < -0.4 is 5.73 Å². The number of hydrogen-bond donors (Lipinski definition) is 1. The molecule has 0 radical (unpaired) electrons. The van der Waals surface area contributed by atoms with E-state index in [1.165, 1.54) is 6.42 Å². The summed E-state index contributed by atoms with van der Waals surface area (Å²) in [6, 6.07) is 0. The van der Waals surface area contributed by atoms with E-state index >= 15 is 0 Å². The number of ether oxygens (including phenoxy) is 2. The first-order valence-electron chi connectivity index (χ1n) is 6.53. The van der Waals surface area contributed by atoms with Gasteiger partial charge in [0, 0.05) is 27.3 Å². The van der Waals surface area contributed by atoms with Crippen LogP contribution in [-0.4, -0.2) is 57.5 Å². The number of nitrogens with zero attached hydrogens (tertiary/aromatic N) is 1. The third kappa shape index (κ3) is 3.19. The van der Waals surface area contributed by atoms with Crippen molar-refractivity contribution in [3.8, 4) is 0 Å². The van der Waals surface area contributed by atoms with Crippen molar-refractivity contribution < 1.29 is 9.47 Å². The van der Waals surface area contributed by atoms with Crippen molar-refractivity contribution in [3.05, 3.63) is 0 Å². The maximum Gasteiger partial charge on any atom is 0.0661 e. The Hall–Kier alpha value is -0.160. The molecule has 0 spiro atoms. The van der Waals surface area contributed by atoms with Crippen molar-refractivity contribution in [1.82, 2.24) is 4.90 Å². The second-order valence-corrected chi connectivity index (χ2v) is 5.45. The highest BCUT2D eigenvalue weighted by Gasteiger charge is 2.42. The smallest absolute Gasteiger partial charge is 0.0661 e. The van der Waals surface area contributed by atoms with E-state index < -0.39 is 0 Å². The van der Waals surface area contributed by atoms with Gasteiger partial charge in [0.2, 0.25) is 0 Å². The molecule has 0 aromatic rings. The van der Waals surface area contributed by atoms with Gasteiger partial charge in [-0.15, -0.1) is 0 Å². The Morgan fingerprint density at radius 3 is 2.53 bits per heavy atom. The lowest BCUT2D eigenvalue weighted by atomic mass is 9.85. The van der Waals surface area contributed by atoms with Crippen molar-refractivity contribution in [2.24, 2.45) is 17.6 Å². The lowest BCUT2D eigenvalue weighted by Gasteiger charge is -2.44. The molecule has 1 rings (SSSR count). The minimum atomic E-state index is -0.0166. The van der Waals surface area contributed by atoms with Crippen LogP contribution in [0.1, 0.15) is 20.3 Å². The summed E-state index contributed by atoms with van der Waals surface area (Å²) >= 11 is 0. The Bertz CT molecular complexity index is 223. The van der Waals surface area contributed by atoms with Crippen LogP contribution in [0.3, 0.4) is 0 Å². The van der Waals surface area contributed by atoms with Gasteiger partial charge < -0.3 is 15.2 Å². The van der Waals surface area contributed by atoms with Crippen molar-refractivity contribution in [2.75, 3.05) is 47.1 Å². The summed E-state index contributed by atoms with van der Waals surface area (Å²) < 4.78 is 10.7. The maximum absolute atomic E-state index is 6.04. The lowest BCUT2D eigenvalue weighted by Crippen LogP contribution is -2.59. The van der Waals surface area contributed by atoms with Gasteiger partial charge in [0.1, 0.15) is 0 Å². The van der Waals surface area contributed by atoms with E-state index in [1.54, 1.807) is 14.2 Å². The largest absolute Gasteiger partial charge is 0.384 e. The Morgan fingerprint density at radius 2 is 2.06 bits per heavy atom. The SMILES string of the molecule is COCC1CCN(C(CN)(COC)C(C)C)C1. The highest BCUT2D eigenvalue weighted by Crippen LogP contribution is 2.30. The van der Waals surface area contributed by atoms with E-state index in [0.29, 0.717) is 25.0 Å². The Balaban J connectivity index is 2.71. The number of hydrogen-bond acceptors (Lipinski definition) is 4. The highest BCUT2D eigenvalue weighted by atomic mass is 16.5. The zero-order chi connectivity index (χ0) is 12.9. The summed E-state index contributed by atoms with van der Waals surface area (Å²) in [7, 11) is 3.53. The third-order valence-electron chi connectivity index (χ3n) is 4.14. The number of methoxy groups -OCH3 is 2. The van der Waals surface area contributed by atoms with Crippen molar-refractivity contribution in [2.45, 2.75) is 25.8 Å². The highest BCUT2D eigenvalue weighted by molar-refractivity contribution is 4.97. The van der Waals surface area contributed by atoms with Gasteiger partial charge in [-0.05, 0) is 24.8 Å². The van der Waals surface area contributed by atoms with Crippen LogP contribution in [0, 0.1) is 11.8 Å². The van der Waals surface area contributed by atoms with Crippen molar-refractivity contribution >= 4 is 0 Å². The minimum Gasteiger partial charge on any atom is -0.384 e. The van der Waals surface area contributed by atoms with E-state index in [9.17, 15) is 0 Å².